The molecule has 19 heavy (non-hydrogen) atoms. The third kappa shape index (κ3) is 1.14. The van der Waals surface area contributed by atoms with E-state index in [0.29, 0.717) is 5.69 Å². The predicted molar refractivity (Wildman–Crippen MR) is 67.5 cm³/mol. The van der Waals surface area contributed by atoms with Crippen LogP contribution in [-0.2, 0) is 0 Å². The summed E-state index contributed by atoms with van der Waals surface area (Å²) in [6.45, 7) is 0. The molecule has 2 bridgehead atoms. The van der Waals surface area contributed by atoms with E-state index in [-0.39, 0.29) is 0 Å². The predicted octanol–water partition coefficient (Wildman–Crippen LogP) is -0.173. The van der Waals surface area contributed by atoms with Crippen molar-refractivity contribution in [2.75, 3.05) is 0 Å². The number of aliphatic hydroxyl groups is 1. The minimum Gasteiger partial charge on any atom is -0.388 e. The molecule has 1 aliphatic heterocycles. The van der Waals surface area contributed by atoms with Gasteiger partial charge in [-0.05, 0) is 12.1 Å². The molecule has 1 aliphatic carbocycles. The second kappa shape index (κ2) is 3.36. The smallest absolute Gasteiger partial charge is 0.352 e. The molecule has 3 atom stereocenters. The van der Waals surface area contributed by atoms with Gasteiger partial charge < -0.3 is 5.11 Å². The van der Waals surface area contributed by atoms with Crippen LogP contribution < -0.4 is 11.4 Å². The lowest BCUT2D eigenvalue weighted by Gasteiger charge is -2.06. The number of rotatable bonds is 1. The number of nitrogens with zero attached hydrogens (tertiary/aromatic N) is 3. The molecule has 0 saturated heterocycles. The lowest BCUT2D eigenvalue weighted by Crippen LogP contribution is -2.31. The van der Waals surface area contributed by atoms with Gasteiger partial charge in [-0.2, -0.15) is 0 Å². The van der Waals surface area contributed by atoms with Crippen molar-refractivity contribution in [2.45, 2.75) is 18.2 Å². The van der Waals surface area contributed by atoms with Gasteiger partial charge in [0.15, 0.2) is 0 Å². The summed E-state index contributed by atoms with van der Waals surface area (Å²) < 4.78 is 3.81. The van der Waals surface area contributed by atoms with Crippen molar-refractivity contribution >= 4 is 0 Å². The van der Waals surface area contributed by atoms with Gasteiger partial charge in [0, 0.05) is 0 Å². The van der Waals surface area contributed by atoms with Crippen LogP contribution >= 0.6 is 0 Å². The molecule has 6 heteroatoms. The van der Waals surface area contributed by atoms with E-state index in [2.05, 4.69) is 0 Å². The van der Waals surface area contributed by atoms with E-state index < -0.39 is 29.6 Å². The van der Waals surface area contributed by atoms with Crippen LogP contribution in [0.15, 0.2) is 52.1 Å². The Kier molecular flexibility index (Phi) is 1.87. The normalized spacial score (nSPS) is 26.9. The van der Waals surface area contributed by atoms with Gasteiger partial charge in [-0.3, -0.25) is 0 Å². The molecule has 0 spiro atoms. The monoisotopic (exact) mass is 257 g/mol. The molecule has 0 amide bonds. The fraction of sp³-hybridized carbons (Fsp3) is 0.231. The van der Waals surface area contributed by atoms with Gasteiger partial charge in [0.2, 0.25) is 0 Å². The van der Waals surface area contributed by atoms with Crippen LogP contribution in [0.25, 0.3) is 5.69 Å². The Morgan fingerprint density at radius 1 is 0.895 bits per heavy atom. The average Bonchev–Trinajstić information content (AvgIpc) is 3.01. The van der Waals surface area contributed by atoms with Crippen molar-refractivity contribution in [2.24, 2.45) is 0 Å². The molecule has 1 aromatic heterocycles. The van der Waals surface area contributed by atoms with Crippen LogP contribution in [0.1, 0.15) is 12.1 Å². The second-order valence-corrected chi connectivity index (χ2v) is 4.78. The number of aliphatic hydroxyl groups excluding tert-OH is 1. The van der Waals surface area contributed by atoms with Crippen molar-refractivity contribution in [3.63, 3.8) is 0 Å². The molecule has 0 radical (unpaired) electrons. The van der Waals surface area contributed by atoms with E-state index in [0.717, 1.165) is 4.57 Å². The fourth-order valence-electron chi connectivity index (χ4n) is 2.92. The molecule has 96 valence electrons. The molecule has 0 fully saturated rings. The van der Waals surface area contributed by atoms with Crippen molar-refractivity contribution in [1.82, 2.24) is 13.9 Å². The minimum atomic E-state index is -0.717. The first-order valence-corrected chi connectivity index (χ1v) is 6.08. The highest BCUT2D eigenvalue weighted by Crippen LogP contribution is 2.36. The summed E-state index contributed by atoms with van der Waals surface area (Å²) in [6, 6.07) is 7.93. The quantitative estimate of drug-likeness (QED) is 0.721. The van der Waals surface area contributed by atoms with Crippen molar-refractivity contribution in [3.8, 4) is 5.69 Å². The van der Waals surface area contributed by atoms with E-state index in [9.17, 15) is 14.7 Å². The standard InChI is InChI=1S/C13H11N3O3/c17-11-9-6-7-10(11)16-13(19)14(12(18)15(9)16)8-4-2-1-3-5-8/h1-7,9-11,17H/t9-,10+,11?. The van der Waals surface area contributed by atoms with Crippen LogP contribution in [-0.4, -0.2) is 25.1 Å². The zero-order valence-corrected chi connectivity index (χ0v) is 9.88. The van der Waals surface area contributed by atoms with Crippen LogP contribution in [0, 0.1) is 0 Å². The van der Waals surface area contributed by atoms with Crippen molar-refractivity contribution in [3.05, 3.63) is 63.5 Å². The maximum Gasteiger partial charge on any atom is 0.352 e. The summed E-state index contributed by atoms with van der Waals surface area (Å²) in [7, 11) is 0. The summed E-state index contributed by atoms with van der Waals surface area (Å²) in [5, 5.41) is 9.96. The average molecular weight is 257 g/mol. The highest BCUT2D eigenvalue weighted by atomic mass is 16.3. The molecule has 2 heterocycles. The maximum atomic E-state index is 12.4. The zero-order chi connectivity index (χ0) is 13.1. The first-order valence-electron chi connectivity index (χ1n) is 6.08. The van der Waals surface area contributed by atoms with Crippen LogP contribution in [0.4, 0.5) is 0 Å². The number of benzene rings is 1. The topological polar surface area (TPSA) is 69.2 Å². The SMILES string of the molecule is O=c1n(-c2ccccc2)c(=O)n2n1[C@@H]1C=C[C@H]2C1O. The van der Waals surface area contributed by atoms with Gasteiger partial charge in [-0.1, -0.05) is 30.4 Å². The molecule has 4 rings (SSSR count). The molecule has 1 unspecified atom stereocenters. The Morgan fingerprint density at radius 3 is 1.95 bits per heavy atom. The minimum absolute atomic E-state index is 0.410. The number of aromatic nitrogens is 3. The molecule has 2 aliphatic rings. The summed E-state index contributed by atoms with van der Waals surface area (Å²) in [6.07, 6.45) is 2.82. The highest BCUT2D eigenvalue weighted by Gasteiger charge is 2.44. The van der Waals surface area contributed by atoms with Gasteiger partial charge in [0.25, 0.3) is 0 Å². The Labute approximate surface area is 107 Å². The summed E-state index contributed by atoms with van der Waals surface area (Å²) in [5.41, 5.74) is -0.278. The Bertz CT molecular complexity index is 751. The van der Waals surface area contributed by atoms with Gasteiger partial charge in [0.1, 0.15) is 18.2 Å². The van der Waals surface area contributed by atoms with Crippen molar-refractivity contribution < 1.29 is 5.11 Å². The Hall–Kier alpha value is -2.34. The van der Waals surface area contributed by atoms with Gasteiger partial charge in [-0.15, -0.1) is 0 Å². The third-order valence-corrected chi connectivity index (χ3v) is 3.79. The first kappa shape index (κ1) is 10.6. The van der Waals surface area contributed by atoms with E-state index in [4.69, 9.17) is 0 Å². The molecule has 6 nitrogen and oxygen atoms in total. The van der Waals surface area contributed by atoms with Crippen LogP contribution in [0.5, 0.6) is 0 Å². The van der Waals surface area contributed by atoms with E-state index >= 15 is 0 Å². The van der Waals surface area contributed by atoms with E-state index in [1.54, 1.807) is 36.4 Å². The molecular weight excluding hydrogens is 246 g/mol. The van der Waals surface area contributed by atoms with Gasteiger partial charge >= 0.3 is 11.4 Å². The fourth-order valence-corrected chi connectivity index (χ4v) is 2.92. The number of hydrogen-bond acceptors (Lipinski definition) is 3. The largest absolute Gasteiger partial charge is 0.388 e. The molecule has 0 saturated carbocycles. The van der Waals surface area contributed by atoms with Crippen molar-refractivity contribution in [1.29, 1.82) is 0 Å². The zero-order valence-electron chi connectivity index (χ0n) is 9.88. The number of hydrogen-bond donors (Lipinski definition) is 1. The summed E-state index contributed by atoms with van der Waals surface area (Å²) in [4.78, 5) is 24.8. The molecule has 1 aromatic carbocycles. The molecule has 1 N–H and O–H groups in total. The summed E-state index contributed by atoms with van der Waals surface area (Å²) >= 11 is 0. The molecule has 2 aromatic rings. The number of fused-ring (bicyclic) bond motifs is 5. The first-order chi connectivity index (χ1) is 9.20. The van der Waals surface area contributed by atoms with E-state index in [1.165, 1.54) is 9.36 Å². The van der Waals surface area contributed by atoms with E-state index in [1.807, 2.05) is 6.07 Å². The molecular formula is C13H11N3O3. The number of para-hydroxylation sites is 1. The third-order valence-electron chi connectivity index (χ3n) is 3.79. The highest BCUT2D eigenvalue weighted by molar-refractivity contribution is 5.31. The Morgan fingerprint density at radius 2 is 1.42 bits per heavy atom. The lowest BCUT2D eigenvalue weighted by atomic mass is 10.2. The van der Waals surface area contributed by atoms with Crippen LogP contribution in [0.2, 0.25) is 0 Å². The summed E-state index contributed by atoms with van der Waals surface area (Å²) in [5.74, 6) is 0. The second-order valence-electron chi connectivity index (χ2n) is 4.78. The van der Waals surface area contributed by atoms with Gasteiger partial charge in [-0.25, -0.2) is 23.5 Å². The Balaban J connectivity index is 2.03. The van der Waals surface area contributed by atoms with Crippen LogP contribution in [0.3, 0.4) is 0 Å². The maximum absolute atomic E-state index is 12.4. The lowest BCUT2D eigenvalue weighted by molar-refractivity contribution is 0.146. The van der Waals surface area contributed by atoms with Gasteiger partial charge in [0.05, 0.1) is 5.69 Å².